The number of hydrogen-bond acceptors (Lipinski definition) is 3. The van der Waals surface area contributed by atoms with Crippen LogP contribution in [0.5, 0.6) is 0 Å². The topological polar surface area (TPSA) is 37.8 Å². The van der Waals surface area contributed by atoms with E-state index in [0.29, 0.717) is 5.95 Å². The number of nitrogens with zero attached hydrogens (tertiary/aromatic N) is 2. The minimum absolute atomic E-state index is 0.189. The van der Waals surface area contributed by atoms with Crippen molar-refractivity contribution in [1.82, 2.24) is 9.97 Å². The first-order chi connectivity index (χ1) is 8.65. The summed E-state index contributed by atoms with van der Waals surface area (Å²) in [5, 5.41) is 3.15. The molecule has 0 amide bonds. The number of hydrogen-bond donors (Lipinski definition) is 1. The zero-order chi connectivity index (χ0) is 13.0. The summed E-state index contributed by atoms with van der Waals surface area (Å²) in [6, 6.07) is 4.87. The molecule has 2 aromatic rings. The van der Waals surface area contributed by atoms with E-state index in [1.165, 1.54) is 6.07 Å². The van der Waals surface area contributed by atoms with Gasteiger partial charge in [-0.25, -0.2) is 14.4 Å². The Bertz CT molecular complexity index is 523. The Balaban J connectivity index is 1.90. The highest BCUT2D eigenvalue weighted by Crippen LogP contribution is 2.10. The first-order valence-corrected chi connectivity index (χ1v) is 5.93. The number of halogens is 1. The van der Waals surface area contributed by atoms with Crippen LogP contribution in [0.15, 0.2) is 30.6 Å². The summed E-state index contributed by atoms with van der Waals surface area (Å²) < 4.78 is 12.9. The molecule has 18 heavy (non-hydrogen) atoms. The molecule has 0 aliphatic rings. The minimum Gasteiger partial charge on any atom is -0.354 e. The Morgan fingerprint density at radius 2 is 1.89 bits per heavy atom. The second-order valence-corrected chi connectivity index (χ2v) is 4.33. The van der Waals surface area contributed by atoms with E-state index in [1.54, 1.807) is 18.5 Å². The fraction of sp³-hybridized carbons (Fsp3) is 0.286. The number of aryl methyl sites for hydroxylation is 2. The maximum absolute atomic E-state index is 12.9. The van der Waals surface area contributed by atoms with Gasteiger partial charge >= 0.3 is 0 Å². The van der Waals surface area contributed by atoms with Crippen LogP contribution in [0.3, 0.4) is 0 Å². The summed E-state index contributed by atoms with van der Waals surface area (Å²) in [5.41, 5.74) is 3.15. The summed E-state index contributed by atoms with van der Waals surface area (Å²) in [7, 11) is 0. The van der Waals surface area contributed by atoms with Gasteiger partial charge in [-0.2, -0.15) is 0 Å². The summed E-state index contributed by atoms with van der Waals surface area (Å²) in [6.07, 6.45) is 4.38. The van der Waals surface area contributed by atoms with Gasteiger partial charge in [-0.15, -0.1) is 0 Å². The average molecular weight is 245 g/mol. The van der Waals surface area contributed by atoms with Crippen LogP contribution in [0.25, 0.3) is 0 Å². The molecule has 94 valence electrons. The smallest absolute Gasteiger partial charge is 0.222 e. The predicted octanol–water partition coefficient (Wildman–Crippen LogP) is 2.89. The lowest BCUT2D eigenvalue weighted by atomic mass is 10.1. The standard InChI is InChI=1S/C14H16FN3/c1-10-8-17-14(18-9-10)16-6-5-12-3-4-13(15)7-11(12)2/h3-4,7-9H,5-6H2,1-2H3,(H,16,17,18). The van der Waals surface area contributed by atoms with Crippen LogP contribution >= 0.6 is 0 Å². The normalized spacial score (nSPS) is 10.4. The zero-order valence-electron chi connectivity index (χ0n) is 10.6. The Morgan fingerprint density at radius 1 is 1.17 bits per heavy atom. The van der Waals surface area contributed by atoms with Gasteiger partial charge in [0.25, 0.3) is 0 Å². The van der Waals surface area contributed by atoms with Crippen molar-refractivity contribution in [3.8, 4) is 0 Å². The van der Waals surface area contributed by atoms with Crippen LogP contribution < -0.4 is 5.32 Å². The predicted molar refractivity (Wildman–Crippen MR) is 70.1 cm³/mol. The number of anilines is 1. The van der Waals surface area contributed by atoms with Crippen molar-refractivity contribution in [2.75, 3.05) is 11.9 Å². The molecule has 4 heteroatoms. The van der Waals surface area contributed by atoms with Crippen LogP contribution in [0, 0.1) is 19.7 Å². The van der Waals surface area contributed by atoms with Crippen molar-refractivity contribution in [2.45, 2.75) is 20.3 Å². The molecular formula is C14H16FN3. The molecule has 0 fully saturated rings. The van der Waals surface area contributed by atoms with Crippen molar-refractivity contribution in [3.63, 3.8) is 0 Å². The molecule has 1 aromatic carbocycles. The molecule has 0 atom stereocenters. The van der Waals surface area contributed by atoms with E-state index >= 15 is 0 Å². The van der Waals surface area contributed by atoms with Gasteiger partial charge in [0.1, 0.15) is 5.82 Å². The average Bonchev–Trinajstić information content (AvgIpc) is 2.34. The van der Waals surface area contributed by atoms with Crippen molar-refractivity contribution >= 4 is 5.95 Å². The molecule has 0 radical (unpaired) electrons. The molecule has 0 spiro atoms. The Kier molecular flexibility index (Phi) is 3.87. The van der Waals surface area contributed by atoms with Gasteiger partial charge in [0.2, 0.25) is 5.95 Å². The van der Waals surface area contributed by atoms with Crippen LogP contribution in [-0.2, 0) is 6.42 Å². The van der Waals surface area contributed by atoms with Crippen LogP contribution in [0.1, 0.15) is 16.7 Å². The van der Waals surface area contributed by atoms with Crippen molar-refractivity contribution in [3.05, 3.63) is 53.1 Å². The van der Waals surface area contributed by atoms with Gasteiger partial charge < -0.3 is 5.32 Å². The third-order valence-electron chi connectivity index (χ3n) is 2.76. The summed E-state index contributed by atoms with van der Waals surface area (Å²) >= 11 is 0. The molecule has 0 saturated heterocycles. The monoisotopic (exact) mass is 245 g/mol. The number of benzene rings is 1. The summed E-state index contributed by atoms with van der Waals surface area (Å²) in [4.78, 5) is 8.33. The second-order valence-electron chi connectivity index (χ2n) is 4.33. The van der Waals surface area contributed by atoms with Gasteiger partial charge in [0.05, 0.1) is 0 Å². The maximum Gasteiger partial charge on any atom is 0.222 e. The van der Waals surface area contributed by atoms with E-state index in [9.17, 15) is 4.39 Å². The molecule has 0 unspecified atom stereocenters. The Morgan fingerprint density at radius 3 is 2.56 bits per heavy atom. The quantitative estimate of drug-likeness (QED) is 0.900. The molecule has 0 aliphatic heterocycles. The van der Waals surface area contributed by atoms with Crippen LogP contribution in [0.4, 0.5) is 10.3 Å². The van der Waals surface area contributed by atoms with Gasteiger partial charge in [0.15, 0.2) is 0 Å². The molecule has 1 N–H and O–H groups in total. The first-order valence-electron chi connectivity index (χ1n) is 5.93. The van der Waals surface area contributed by atoms with Crippen LogP contribution in [-0.4, -0.2) is 16.5 Å². The second kappa shape index (κ2) is 5.58. The van der Waals surface area contributed by atoms with E-state index in [-0.39, 0.29) is 5.82 Å². The highest BCUT2D eigenvalue weighted by Gasteiger charge is 2.00. The molecule has 0 saturated carbocycles. The third kappa shape index (κ3) is 3.26. The lowest BCUT2D eigenvalue weighted by molar-refractivity contribution is 0.625. The van der Waals surface area contributed by atoms with Gasteiger partial charge in [-0.3, -0.25) is 0 Å². The highest BCUT2D eigenvalue weighted by molar-refractivity contribution is 5.29. The van der Waals surface area contributed by atoms with E-state index in [1.807, 2.05) is 19.9 Å². The molecule has 1 aromatic heterocycles. The maximum atomic E-state index is 12.9. The molecule has 2 rings (SSSR count). The number of nitrogens with one attached hydrogen (secondary N) is 1. The Labute approximate surface area is 106 Å². The largest absolute Gasteiger partial charge is 0.354 e. The lowest BCUT2D eigenvalue weighted by Gasteiger charge is -2.07. The van der Waals surface area contributed by atoms with Gasteiger partial charge in [-0.05, 0) is 49.1 Å². The van der Waals surface area contributed by atoms with E-state index in [4.69, 9.17) is 0 Å². The Hall–Kier alpha value is -1.97. The van der Waals surface area contributed by atoms with Crippen molar-refractivity contribution in [2.24, 2.45) is 0 Å². The number of aromatic nitrogens is 2. The summed E-state index contributed by atoms with van der Waals surface area (Å²) in [6.45, 7) is 4.60. The van der Waals surface area contributed by atoms with E-state index < -0.39 is 0 Å². The molecule has 1 heterocycles. The molecular weight excluding hydrogens is 229 g/mol. The van der Waals surface area contributed by atoms with Crippen molar-refractivity contribution < 1.29 is 4.39 Å². The SMILES string of the molecule is Cc1cnc(NCCc2ccc(F)cc2C)nc1. The van der Waals surface area contributed by atoms with Crippen molar-refractivity contribution in [1.29, 1.82) is 0 Å². The lowest BCUT2D eigenvalue weighted by Crippen LogP contribution is -2.08. The van der Waals surface area contributed by atoms with Crippen LogP contribution in [0.2, 0.25) is 0 Å². The van der Waals surface area contributed by atoms with E-state index in [2.05, 4.69) is 15.3 Å². The van der Waals surface area contributed by atoms with Gasteiger partial charge in [0, 0.05) is 18.9 Å². The zero-order valence-corrected chi connectivity index (χ0v) is 10.6. The third-order valence-corrected chi connectivity index (χ3v) is 2.76. The summed E-state index contributed by atoms with van der Waals surface area (Å²) in [5.74, 6) is 0.437. The fourth-order valence-corrected chi connectivity index (χ4v) is 1.73. The molecule has 0 aliphatic carbocycles. The molecule has 0 bridgehead atoms. The first kappa shape index (κ1) is 12.5. The minimum atomic E-state index is -0.189. The van der Waals surface area contributed by atoms with E-state index in [0.717, 1.165) is 29.7 Å². The highest BCUT2D eigenvalue weighted by atomic mass is 19.1. The fourth-order valence-electron chi connectivity index (χ4n) is 1.73. The number of rotatable bonds is 4. The van der Waals surface area contributed by atoms with Gasteiger partial charge in [-0.1, -0.05) is 6.07 Å². The molecule has 3 nitrogen and oxygen atoms in total.